The molecule has 0 N–H and O–H groups in total. The molecule has 7 aromatic carbocycles. The summed E-state index contributed by atoms with van der Waals surface area (Å²) in [5.74, 6) is 2.36. The second-order valence-electron chi connectivity index (χ2n) is 24.9. The molecular weight excluding hydrogens is 1160 g/mol. The lowest BCUT2D eigenvalue weighted by Crippen LogP contribution is -2.16. The molecule has 0 aliphatic carbocycles. The van der Waals surface area contributed by atoms with Crippen LogP contribution in [0.25, 0.3) is 98.0 Å². The van der Waals surface area contributed by atoms with Crippen molar-refractivity contribution < 1.29 is 18.9 Å². The summed E-state index contributed by atoms with van der Waals surface area (Å²) in [6, 6.07) is 14.9. The van der Waals surface area contributed by atoms with Crippen LogP contribution in [-0.4, -0.2) is 43.2 Å². The largest absolute Gasteiger partial charge is 0.487 e. The van der Waals surface area contributed by atoms with Crippen LogP contribution in [0.2, 0.25) is 20.1 Å². The Balaban J connectivity index is 1.07. The van der Waals surface area contributed by atoms with Crippen LogP contribution in [0.5, 0.6) is 23.0 Å². The van der Waals surface area contributed by atoms with Gasteiger partial charge in [-0.25, -0.2) is 9.97 Å². The summed E-state index contributed by atoms with van der Waals surface area (Å²) in [5.41, 5.74) is 2.62. The summed E-state index contributed by atoms with van der Waals surface area (Å²) in [4.78, 5) is 41.3. The van der Waals surface area contributed by atoms with Crippen LogP contribution < -0.4 is 30.1 Å². The fraction of sp³-hybridized carbons (Fsp3) is 0.500. The monoisotopic (exact) mass is 1240 g/mol. The van der Waals surface area contributed by atoms with Gasteiger partial charge in [0, 0.05) is 98.2 Å². The molecule has 4 aromatic heterocycles. The zero-order valence-corrected chi connectivity index (χ0v) is 54.7. The van der Waals surface area contributed by atoms with Gasteiger partial charge in [0.25, 0.3) is 11.1 Å². The maximum absolute atomic E-state index is 15.4. The molecule has 0 radical (unpaired) electrons. The van der Waals surface area contributed by atoms with E-state index in [0.29, 0.717) is 141 Å². The Labute approximate surface area is 525 Å². The first-order valence-electron chi connectivity index (χ1n) is 32.5. The molecule has 0 aliphatic heterocycles. The van der Waals surface area contributed by atoms with Crippen molar-refractivity contribution in [2.24, 2.45) is 0 Å². The number of benzene rings is 7. The number of hydrogen-bond acceptors (Lipinski definition) is 8. The van der Waals surface area contributed by atoms with E-state index in [-0.39, 0.29) is 35.5 Å². The number of hydrogen-bond donors (Lipinski definition) is 0. The Hall–Kier alpha value is -5.52. The first kappa shape index (κ1) is 62.1. The number of fused-ring (bicyclic) bond motifs is 10. The molecule has 0 fully saturated rings. The molecule has 0 amide bonds. The minimum Gasteiger partial charge on any atom is -0.487 e. The number of halogens is 4. The minimum atomic E-state index is -0.297. The Kier molecular flexibility index (Phi) is 19.5. The Morgan fingerprint density at radius 3 is 0.907 bits per heavy atom. The highest BCUT2D eigenvalue weighted by Crippen LogP contribution is 2.54. The zero-order chi connectivity index (χ0) is 60.5. The Morgan fingerprint density at radius 2 is 0.616 bits per heavy atom. The van der Waals surface area contributed by atoms with Gasteiger partial charge in [-0.3, -0.25) is 18.4 Å². The van der Waals surface area contributed by atoms with Gasteiger partial charge in [-0.1, -0.05) is 177 Å². The lowest BCUT2D eigenvalue weighted by molar-refractivity contribution is 0.168. The van der Waals surface area contributed by atoms with E-state index in [1.54, 1.807) is 20.9 Å². The molecule has 0 spiro atoms. The highest BCUT2D eigenvalue weighted by atomic mass is 35.5. The van der Waals surface area contributed by atoms with Crippen molar-refractivity contribution in [3.05, 3.63) is 89.3 Å². The summed E-state index contributed by atoms with van der Waals surface area (Å²) in [6.45, 7) is 17.4. The molecule has 0 saturated heterocycles. The Bertz CT molecular complexity index is 4050. The topological polar surface area (TPSA) is 106 Å². The van der Waals surface area contributed by atoms with Crippen LogP contribution in [0.4, 0.5) is 0 Å². The number of rotatable bonds is 32. The minimum absolute atomic E-state index is 0.0685. The van der Waals surface area contributed by atoms with E-state index < -0.39 is 0 Å². The standard InChI is InChI=1S/C72H84Cl4N4O6/c1-9-13-17-21-25-29-41(5)83-57-37-53-55(39-59(57)85-43(7)31-27-23-19-15-11-3)79-69(77-53)45-33-49(73)63-64-50(74)34-46-62-48(36-52(76)66(68(62)64)65-51(75)35-47(71(79)81)61(45)67(63)65)72(82)80-56-40-60(86-44(8)32-28-24-20-16-12-4)58(38-54(56)78-70(46)80)84-42(6)30-26-22-18-14-10-2/h33-44H,9-32H2,1-8H3. The van der Waals surface area contributed by atoms with Crippen molar-refractivity contribution in [2.45, 2.75) is 234 Å². The third-order valence-corrected chi connectivity index (χ3v) is 19.3. The van der Waals surface area contributed by atoms with Gasteiger partial charge in [-0.2, -0.15) is 0 Å². The fourth-order valence-electron chi connectivity index (χ4n) is 13.6. The molecule has 4 unspecified atom stereocenters. The van der Waals surface area contributed by atoms with Crippen LogP contribution in [0.3, 0.4) is 0 Å². The number of unbranched alkanes of at least 4 members (excludes halogenated alkanes) is 16. The lowest BCUT2D eigenvalue weighted by atomic mass is 9.86. The van der Waals surface area contributed by atoms with E-state index in [1.165, 1.54) is 77.0 Å². The van der Waals surface area contributed by atoms with Gasteiger partial charge in [-0.05, 0) is 103 Å². The van der Waals surface area contributed by atoms with Gasteiger partial charge in [0.15, 0.2) is 23.0 Å². The van der Waals surface area contributed by atoms with E-state index in [1.807, 2.05) is 36.4 Å². The maximum Gasteiger partial charge on any atom is 0.264 e. The second kappa shape index (κ2) is 27.1. The summed E-state index contributed by atoms with van der Waals surface area (Å²) in [5, 5.41) is 8.30. The molecule has 11 rings (SSSR count). The number of aromatic nitrogens is 4. The molecule has 456 valence electrons. The van der Waals surface area contributed by atoms with Gasteiger partial charge in [0.1, 0.15) is 11.3 Å². The number of imidazole rings is 2. The predicted molar refractivity (Wildman–Crippen MR) is 364 cm³/mol. The van der Waals surface area contributed by atoms with Crippen molar-refractivity contribution in [1.29, 1.82) is 0 Å². The van der Waals surface area contributed by atoms with E-state index in [0.717, 1.165) is 77.0 Å². The number of nitrogens with zero attached hydrogens (tertiary/aromatic N) is 4. The summed E-state index contributed by atoms with van der Waals surface area (Å²) in [7, 11) is 0. The van der Waals surface area contributed by atoms with Crippen molar-refractivity contribution in [3.8, 4) is 23.0 Å². The normalized spacial score (nSPS) is 13.9. The average molecular weight is 1240 g/mol. The molecule has 0 bridgehead atoms. The molecule has 0 aliphatic rings. The lowest BCUT2D eigenvalue weighted by Gasteiger charge is -2.22. The van der Waals surface area contributed by atoms with Crippen LogP contribution in [0.1, 0.15) is 209 Å². The van der Waals surface area contributed by atoms with Gasteiger partial charge in [0.2, 0.25) is 0 Å². The molecular formula is C72H84Cl4N4O6. The first-order valence-corrected chi connectivity index (χ1v) is 34.1. The third-order valence-electron chi connectivity index (χ3n) is 18.1. The molecule has 86 heavy (non-hydrogen) atoms. The summed E-state index contributed by atoms with van der Waals surface area (Å²) >= 11 is 30.5. The van der Waals surface area contributed by atoms with Crippen molar-refractivity contribution in [2.75, 3.05) is 0 Å². The van der Waals surface area contributed by atoms with E-state index in [4.69, 9.17) is 75.3 Å². The van der Waals surface area contributed by atoms with Crippen molar-refractivity contribution in [3.63, 3.8) is 0 Å². The van der Waals surface area contributed by atoms with Crippen LogP contribution in [0.15, 0.2) is 58.1 Å². The summed E-state index contributed by atoms with van der Waals surface area (Å²) in [6.07, 6.45) is 26.7. The second-order valence-corrected chi connectivity index (χ2v) is 26.5. The van der Waals surface area contributed by atoms with E-state index in [9.17, 15) is 0 Å². The van der Waals surface area contributed by atoms with Crippen LogP contribution >= 0.6 is 46.4 Å². The predicted octanol–water partition coefficient (Wildman–Crippen LogP) is 22.4. The molecule has 14 heteroatoms. The third kappa shape index (κ3) is 12.0. The Morgan fingerprint density at radius 1 is 0.349 bits per heavy atom. The van der Waals surface area contributed by atoms with Gasteiger partial charge < -0.3 is 18.9 Å². The smallest absolute Gasteiger partial charge is 0.264 e. The SMILES string of the molecule is CCCCCCCC(C)Oc1cc2nc3c4cc(Cl)c5c6c(Cl)cc7c8c(cc(Cl)c(c9c(Cl)cc(c(=O)n3c2cc1OC(C)CCCCCCC)c4c95)c68)c(=O)n1c2cc(OC(C)CCCCCCC)c(OC(C)CCCCCCC)cc2nc71. The highest BCUT2D eigenvalue weighted by Gasteiger charge is 2.31. The molecule has 10 nitrogen and oxygen atoms in total. The van der Waals surface area contributed by atoms with Crippen molar-refractivity contribution >= 4 is 144 Å². The zero-order valence-electron chi connectivity index (χ0n) is 51.6. The number of pyridine rings is 2. The van der Waals surface area contributed by atoms with Gasteiger partial charge in [0.05, 0.1) is 57.3 Å². The first-order chi connectivity index (χ1) is 41.7. The molecule has 4 atom stereocenters. The summed E-state index contributed by atoms with van der Waals surface area (Å²) < 4.78 is 30.4. The fourth-order valence-corrected chi connectivity index (χ4v) is 14.8. The van der Waals surface area contributed by atoms with E-state index >= 15 is 9.59 Å². The molecule has 11 aromatic rings. The quantitative estimate of drug-likeness (QED) is 0.0233. The van der Waals surface area contributed by atoms with Gasteiger partial charge >= 0.3 is 0 Å². The van der Waals surface area contributed by atoms with Gasteiger partial charge in [-0.15, -0.1) is 0 Å². The maximum atomic E-state index is 15.4. The van der Waals surface area contributed by atoms with E-state index in [2.05, 4.69) is 55.4 Å². The molecule has 4 heterocycles. The number of ether oxygens (including phenoxy) is 4. The van der Waals surface area contributed by atoms with Crippen molar-refractivity contribution in [1.82, 2.24) is 18.8 Å². The molecule has 0 saturated carbocycles. The van der Waals surface area contributed by atoms with Crippen LogP contribution in [-0.2, 0) is 0 Å². The average Bonchev–Trinajstić information content (AvgIpc) is 0.991. The highest BCUT2D eigenvalue weighted by molar-refractivity contribution is 6.56. The van der Waals surface area contributed by atoms with Crippen LogP contribution in [0, 0.1) is 0 Å².